The highest BCUT2D eigenvalue weighted by atomic mass is 19.4. The van der Waals surface area contributed by atoms with Gasteiger partial charge in [0.1, 0.15) is 6.34 Å². The molecule has 0 spiro atoms. The molecular formula is C15H12F3N3O. The number of halogens is 3. The van der Waals surface area contributed by atoms with Crippen LogP contribution >= 0.6 is 0 Å². The lowest BCUT2D eigenvalue weighted by Gasteiger charge is -2.39. The van der Waals surface area contributed by atoms with Crippen LogP contribution < -0.4 is 5.84 Å². The van der Waals surface area contributed by atoms with Gasteiger partial charge in [-0.2, -0.15) is 13.2 Å². The zero-order chi connectivity index (χ0) is 16.0. The highest BCUT2D eigenvalue weighted by Crippen LogP contribution is 2.42. The minimum absolute atomic E-state index is 0.0153. The molecule has 7 heteroatoms. The number of alkyl halides is 3. The van der Waals surface area contributed by atoms with Crippen molar-refractivity contribution in [2.24, 2.45) is 10.8 Å². The average Bonchev–Trinajstić information content (AvgIpc) is 2.51. The van der Waals surface area contributed by atoms with Gasteiger partial charge in [-0.25, -0.2) is 10.8 Å². The molecule has 0 amide bonds. The van der Waals surface area contributed by atoms with Gasteiger partial charge in [0.15, 0.2) is 0 Å². The predicted molar refractivity (Wildman–Crippen MR) is 75.1 cm³/mol. The van der Waals surface area contributed by atoms with Crippen LogP contribution in [0.5, 0.6) is 0 Å². The molecule has 1 unspecified atom stereocenters. The molecule has 2 aromatic carbocycles. The molecule has 0 aliphatic carbocycles. The molecule has 114 valence electrons. The van der Waals surface area contributed by atoms with Crippen LogP contribution in [0.2, 0.25) is 0 Å². The van der Waals surface area contributed by atoms with Crippen molar-refractivity contribution in [1.29, 1.82) is 0 Å². The maximum Gasteiger partial charge on any atom is 0.416 e. The number of aliphatic imine (C=N–C) groups is 1. The second-order valence-electron chi connectivity index (χ2n) is 4.92. The van der Waals surface area contributed by atoms with Crippen molar-refractivity contribution in [1.82, 2.24) is 5.01 Å². The molecular weight excluding hydrogens is 295 g/mol. The monoisotopic (exact) mass is 307 g/mol. The van der Waals surface area contributed by atoms with E-state index in [1.54, 1.807) is 30.3 Å². The summed E-state index contributed by atoms with van der Waals surface area (Å²) in [5.74, 6) is 5.77. The van der Waals surface area contributed by atoms with E-state index in [0.29, 0.717) is 5.56 Å². The molecule has 1 aliphatic rings. The molecule has 4 nitrogen and oxygen atoms in total. The van der Waals surface area contributed by atoms with Gasteiger partial charge in [0.2, 0.25) is 5.72 Å². The van der Waals surface area contributed by atoms with E-state index >= 15 is 0 Å². The van der Waals surface area contributed by atoms with Crippen molar-refractivity contribution in [2.45, 2.75) is 11.9 Å². The maximum absolute atomic E-state index is 12.9. The molecule has 1 aliphatic heterocycles. The lowest BCUT2D eigenvalue weighted by molar-refractivity contribution is -0.137. The lowest BCUT2D eigenvalue weighted by Crippen LogP contribution is -2.52. The summed E-state index contributed by atoms with van der Waals surface area (Å²) in [6, 6.07) is 11.3. The first-order valence-electron chi connectivity index (χ1n) is 6.41. The third kappa shape index (κ3) is 2.15. The Morgan fingerprint density at radius 2 is 1.77 bits per heavy atom. The Morgan fingerprint density at radius 1 is 1.09 bits per heavy atom. The number of hydrazine groups is 1. The zero-order valence-electron chi connectivity index (χ0n) is 11.2. The van der Waals surface area contributed by atoms with E-state index in [0.717, 1.165) is 17.1 Å². The molecule has 0 saturated heterocycles. The van der Waals surface area contributed by atoms with E-state index < -0.39 is 17.5 Å². The number of benzene rings is 2. The Morgan fingerprint density at radius 3 is 2.41 bits per heavy atom. The smallest absolute Gasteiger partial charge is 0.362 e. The number of hydrogen-bond acceptors (Lipinski definition) is 4. The minimum Gasteiger partial charge on any atom is -0.362 e. The minimum atomic E-state index is -4.52. The van der Waals surface area contributed by atoms with E-state index in [1.165, 1.54) is 12.4 Å². The molecule has 3 rings (SSSR count). The van der Waals surface area contributed by atoms with Gasteiger partial charge >= 0.3 is 6.18 Å². The van der Waals surface area contributed by atoms with Gasteiger partial charge in [-0.15, -0.1) is 0 Å². The van der Waals surface area contributed by atoms with Crippen LogP contribution in [-0.4, -0.2) is 16.5 Å². The Labute approximate surface area is 124 Å². The fraction of sp³-hybridized carbons (Fsp3) is 0.133. The molecule has 3 N–H and O–H groups in total. The fourth-order valence-corrected chi connectivity index (χ4v) is 2.43. The Balaban J connectivity index is 2.24. The first-order chi connectivity index (χ1) is 10.3. The lowest BCUT2D eigenvalue weighted by atomic mass is 9.90. The van der Waals surface area contributed by atoms with E-state index in [-0.39, 0.29) is 11.3 Å². The van der Waals surface area contributed by atoms with Crippen LogP contribution in [0, 0.1) is 0 Å². The van der Waals surface area contributed by atoms with Crippen molar-refractivity contribution in [3.05, 3.63) is 65.2 Å². The average molecular weight is 307 g/mol. The van der Waals surface area contributed by atoms with Crippen molar-refractivity contribution < 1.29 is 18.3 Å². The van der Waals surface area contributed by atoms with Crippen molar-refractivity contribution >= 4 is 12.0 Å². The van der Waals surface area contributed by atoms with Crippen LogP contribution in [0.25, 0.3) is 0 Å². The van der Waals surface area contributed by atoms with E-state index in [4.69, 9.17) is 5.84 Å². The van der Waals surface area contributed by atoms with Crippen LogP contribution in [0.1, 0.15) is 16.7 Å². The summed E-state index contributed by atoms with van der Waals surface area (Å²) in [6.07, 6.45) is -3.34. The molecule has 0 saturated carbocycles. The molecule has 0 bridgehead atoms. The van der Waals surface area contributed by atoms with Crippen molar-refractivity contribution in [3.8, 4) is 0 Å². The van der Waals surface area contributed by atoms with Gasteiger partial charge in [0.25, 0.3) is 0 Å². The Kier molecular flexibility index (Phi) is 3.19. The quantitative estimate of drug-likeness (QED) is 0.796. The van der Waals surface area contributed by atoms with Crippen LogP contribution in [-0.2, 0) is 11.9 Å². The summed E-state index contributed by atoms with van der Waals surface area (Å²) >= 11 is 0. The highest BCUT2D eigenvalue weighted by Gasteiger charge is 2.42. The summed E-state index contributed by atoms with van der Waals surface area (Å²) in [6.45, 7) is 0. The van der Waals surface area contributed by atoms with Gasteiger partial charge < -0.3 is 5.11 Å². The van der Waals surface area contributed by atoms with Gasteiger partial charge in [0, 0.05) is 11.1 Å². The second-order valence-corrected chi connectivity index (χ2v) is 4.92. The van der Waals surface area contributed by atoms with Crippen LogP contribution in [0.3, 0.4) is 0 Å². The summed E-state index contributed by atoms with van der Waals surface area (Å²) in [4.78, 5) is 3.97. The summed E-state index contributed by atoms with van der Waals surface area (Å²) < 4.78 is 38.8. The van der Waals surface area contributed by atoms with Gasteiger partial charge in [-0.3, -0.25) is 5.01 Å². The molecule has 0 radical (unpaired) electrons. The maximum atomic E-state index is 12.9. The Bertz CT molecular complexity index is 731. The van der Waals surface area contributed by atoms with Crippen molar-refractivity contribution in [2.75, 3.05) is 0 Å². The molecule has 22 heavy (non-hydrogen) atoms. The third-order valence-electron chi connectivity index (χ3n) is 3.57. The Hall–Kier alpha value is -2.38. The molecule has 0 aromatic heterocycles. The number of aliphatic hydroxyl groups is 1. The third-order valence-corrected chi connectivity index (χ3v) is 3.57. The number of nitrogens with zero attached hydrogens (tertiary/aromatic N) is 2. The number of rotatable bonds is 1. The van der Waals surface area contributed by atoms with E-state index in [9.17, 15) is 18.3 Å². The topological polar surface area (TPSA) is 61.8 Å². The molecule has 1 atom stereocenters. The predicted octanol–water partition coefficient (Wildman–Crippen LogP) is 2.75. The van der Waals surface area contributed by atoms with Gasteiger partial charge in [0.05, 0.1) is 11.3 Å². The summed E-state index contributed by atoms with van der Waals surface area (Å²) in [5, 5.41) is 11.9. The van der Waals surface area contributed by atoms with E-state index in [2.05, 4.69) is 4.99 Å². The highest BCUT2D eigenvalue weighted by molar-refractivity contribution is 5.71. The standard InChI is InChI=1S/C15H12F3N3O/c16-15(17,18)11-6-7-13-12(8-11)14(22,21(19)9-20-13)10-4-2-1-3-5-10/h1-9,22H,19H2. The normalized spacial score (nSPS) is 20.9. The molecule has 1 heterocycles. The number of fused-ring (bicyclic) bond motifs is 1. The molecule has 0 fully saturated rings. The number of hydrogen-bond donors (Lipinski definition) is 2. The summed E-state index contributed by atoms with van der Waals surface area (Å²) in [7, 11) is 0. The molecule has 2 aromatic rings. The van der Waals surface area contributed by atoms with Gasteiger partial charge in [-0.1, -0.05) is 30.3 Å². The number of nitrogens with two attached hydrogens (primary N) is 1. The fourth-order valence-electron chi connectivity index (χ4n) is 2.43. The van der Waals surface area contributed by atoms with Crippen LogP contribution in [0.4, 0.5) is 18.9 Å². The van der Waals surface area contributed by atoms with Crippen LogP contribution in [0.15, 0.2) is 53.5 Å². The van der Waals surface area contributed by atoms with E-state index in [1.807, 2.05) is 0 Å². The largest absolute Gasteiger partial charge is 0.416 e. The van der Waals surface area contributed by atoms with Crippen molar-refractivity contribution in [3.63, 3.8) is 0 Å². The summed E-state index contributed by atoms with van der Waals surface area (Å²) in [5.41, 5.74) is -2.21. The first-order valence-corrected chi connectivity index (χ1v) is 6.41. The van der Waals surface area contributed by atoms with Gasteiger partial charge in [-0.05, 0) is 18.2 Å². The zero-order valence-corrected chi connectivity index (χ0v) is 11.2. The SMILES string of the molecule is NN1C=Nc2ccc(C(F)(F)F)cc2C1(O)c1ccccc1. The second kappa shape index (κ2) is 4.82. The first kappa shape index (κ1) is 14.6.